The molecule has 0 aliphatic heterocycles. The van der Waals surface area contributed by atoms with Gasteiger partial charge in [0, 0.05) is 23.8 Å². The first-order valence-electron chi connectivity index (χ1n) is 5.60. The van der Waals surface area contributed by atoms with E-state index in [9.17, 15) is 5.11 Å². The maximum absolute atomic E-state index is 9.64. The third kappa shape index (κ3) is 5.35. The number of halogens is 1. The molecule has 90 valence electrons. The van der Waals surface area contributed by atoms with E-state index >= 15 is 0 Å². The Morgan fingerprint density at radius 3 is 2.56 bits per heavy atom. The lowest BCUT2D eigenvalue weighted by molar-refractivity contribution is 0.184. The lowest BCUT2D eigenvalue weighted by Gasteiger charge is -2.13. The highest BCUT2D eigenvalue weighted by Crippen LogP contribution is 2.12. The summed E-state index contributed by atoms with van der Waals surface area (Å²) in [5, 5.41) is 16.7. The maximum atomic E-state index is 9.64. The monoisotopic (exact) mass is 242 g/mol. The Hall–Kier alpha value is -0.770. The molecule has 0 fully saturated rings. The van der Waals surface area contributed by atoms with Gasteiger partial charge in [-0.1, -0.05) is 18.5 Å². The summed E-state index contributed by atoms with van der Waals surface area (Å²) in [6.45, 7) is 4.20. The number of benzene rings is 1. The van der Waals surface area contributed by atoms with E-state index < -0.39 is 0 Å². The minimum Gasteiger partial charge on any atom is -0.390 e. The van der Waals surface area contributed by atoms with Crippen molar-refractivity contribution in [1.29, 1.82) is 0 Å². The molecular weight excluding hydrogens is 224 g/mol. The Morgan fingerprint density at radius 2 is 1.94 bits per heavy atom. The van der Waals surface area contributed by atoms with Crippen LogP contribution in [0.25, 0.3) is 0 Å². The smallest absolute Gasteiger partial charge is 0.0836 e. The van der Waals surface area contributed by atoms with Crippen molar-refractivity contribution in [3.05, 3.63) is 29.3 Å². The lowest BCUT2D eigenvalue weighted by atomic mass is 10.3. The van der Waals surface area contributed by atoms with E-state index in [2.05, 4.69) is 17.6 Å². The molecule has 1 aromatic carbocycles. The minimum atomic E-state index is -0.373. The van der Waals surface area contributed by atoms with Crippen molar-refractivity contribution < 1.29 is 5.11 Å². The Labute approximate surface area is 102 Å². The Bertz CT molecular complexity index is 290. The normalized spacial score (nSPS) is 12.4. The van der Waals surface area contributed by atoms with Crippen LogP contribution < -0.4 is 10.6 Å². The van der Waals surface area contributed by atoms with Gasteiger partial charge in [-0.25, -0.2) is 0 Å². The van der Waals surface area contributed by atoms with Crippen molar-refractivity contribution in [2.75, 3.05) is 25.0 Å². The second-order valence-corrected chi connectivity index (χ2v) is 4.18. The highest BCUT2D eigenvalue weighted by molar-refractivity contribution is 6.30. The summed E-state index contributed by atoms with van der Waals surface area (Å²) >= 11 is 5.77. The van der Waals surface area contributed by atoms with E-state index in [1.807, 2.05) is 24.3 Å². The second kappa shape index (κ2) is 7.49. The van der Waals surface area contributed by atoms with Gasteiger partial charge >= 0.3 is 0 Å². The zero-order chi connectivity index (χ0) is 11.8. The van der Waals surface area contributed by atoms with Gasteiger partial charge in [0.25, 0.3) is 0 Å². The Balaban J connectivity index is 2.20. The SMILES string of the molecule is CCCNC[C@@H](O)CNc1ccc(Cl)cc1. The number of aliphatic hydroxyl groups is 1. The van der Waals surface area contributed by atoms with E-state index in [0.717, 1.165) is 23.7 Å². The van der Waals surface area contributed by atoms with Crippen molar-refractivity contribution >= 4 is 17.3 Å². The van der Waals surface area contributed by atoms with E-state index in [4.69, 9.17) is 11.6 Å². The Kier molecular flexibility index (Phi) is 6.23. The van der Waals surface area contributed by atoms with Crippen molar-refractivity contribution in [3.63, 3.8) is 0 Å². The van der Waals surface area contributed by atoms with Crippen LogP contribution in [0.5, 0.6) is 0 Å². The van der Waals surface area contributed by atoms with Gasteiger partial charge in [0.05, 0.1) is 6.10 Å². The highest BCUT2D eigenvalue weighted by atomic mass is 35.5. The van der Waals surface area contributed by atoms with E-state index in [1.165, 1.54) is 0 Å². The van der Waals surface area contributed by atoms with Crippen LogP contribution in [0.2, 0.25) is 5.02 Å². The molecule has 0 aliphatic rings. The molecule has 0 saturated carbocycles. The summed E-state index contributed by atoms with van der Waals surface area (Å²) in [4.78, 5) is 0. The average molecular weight is 243 g/mol. The van der Waals surface area contributed by atoms with Crippen LogP contribution in [-0.2, 0) is 0 Å². The Morgan fingerprint density at radius 1 is 1.25 bits per heavy atom. The summed E-state index contributed by atoms with van der Waals surface area (Å²) in [6, 6.07) is 7.44. The third-order valence-electron chi connectivity index (χ3n) is 2.19. The zero-order valence-electron chi connectivity index (χ0n) is 9.54. The van der Waals surface area contributed by atoms with E-state index in [1.54, 1.807) is 0 Å². The summed E-state index contributed by atoms with van der Waals surface area (Å²) < 4.78 is 0. The lowest BCUT2D eigenvalue weighted by Crippen LogP contribution is -2.32. The maximum Gasteiger partial charge on any atom is 0.0836 e. The molecule has 0 spiro atoms. The summed E-state index contributed by atoms with van der Waals surface area (Å²) in [5.41, 5.74) is 0.971. The van der Waals surface area contributed by atoms with Crippen molar-refractivity contribution in [2.24, 2.45) is 0 Å². The largest absolute Gasteiger partial charge is 0.390 e. The molecule has 0 heterocycles. The van der Waals surface area contributed by atoms with Crippen molar-refractivity contribution in [3.8, 4) is 0 Å². The zero-order valence-corrected chi connectivity index (χ0v) is 10.3. The van der Waals surface area contributed by atoms with Crippen molar-refractivity contribution in [1.82, 2.24) is 5.32 Å². The molecule has 0 unspecified atom stereocenters. The van der Waals surface area contributed by atoms with Gasteiger partial charge in [-0.05, 0) is 37.2 Å². The molecule has 0 saturated heterocycles. The molecule has 1 atom stereocenters. The first-order valence-corrected chi connectivity index (χ1v) is 5.98. The first kappa shape index (κ1) is 13.3. The molecule has 0 aliphatic carbocycles. The predicted octanol–water partition coefficient (Wildman–Crippen LogP) is 2.11. The minimum absolute atomic E-state index is 0.373. The standard InChI is InChI=1S/C12H19ClN2O/c1-2-7-14-8-12(16)9-15-11-5-3-10(13)4-6-11/h3-6,12,14-16H,2,7-9H2,1H3/t12-/m1/s1. The van der Waals surface area contributed by atoms with Crippen LogP contribution in [-0.4, -0.2) is 30.8 Å². The topological polar surface area (TPSA) is 44.3 Å². The summed E-state index contributed by atoms with van der Waals surface area (Å²) in [7, 11) is 0. The van der Waals surface area contributed by atoms with Gasteiger partial charge in [0.15, 0.2) is 0 Å². The molecule has 3 N–H and O–H groups in total. The predicted molar refractivity (Wildman–Crippen MR) is 69.1 cm³/mol. The number of aliphatic hydroxyl groups excluding tert-OH is 1. The van der Waals surface area contributed by atoms with Crippen LogP contribution >= 0.6 is 11.6 Å². The van der Waals surface area contributed by atoms with Crippen LogP contribution in [0.4, 0.5) is 5.69 Å². The second-order valence-electron chi connectivity index (χ2n) is 3.75. The van der Waals surface area contributed by atoms with Gasteiger partial charge in [0.1, 0.15) is 0 Å². The molecular formula is C12H19ClN2O. The number of rotatable bonds is 7. The fraction of sp³-hybridized carbons (Fsp3) is 0.500. The van der Waals surface area contributed by atoms with Crippen LogP contribution in [0, 0.1) is 0 Å². The molecule has 16 heavy (non-hydrogen) atoms. The number of nitrogens with one attached hydrogen (secondary N) is 2. The van der Waals surface area contributed by atoms with Crippen molar-refractivity contribution in [2.45, 2.75) is 19.4 Å². The molecule has 0 aromatic heterocycles. The van der Waals surface area contributed by atoms with Crippen LogP contribution in [0.15, 0.2) is 24.3 Å². The summed E-state index contributed by atoms with van der Waals surface area (Å²) in [5.74, 6) is 0. The summed E-state index contributed by atoms with van der Waals surface area (Å²) in [6.07, 6.45) is 0.708. The third-order valence-corrected chi connectivity index (χ3v) is 2.44. The van der Waals surface area contributed by atoms with Crippen LogP contribution in [0.3, 0.4) is 0 Å². The molecule has 1 rings (SSSR count). The molecule has 0 radical (unpaired) electrons. The van der Waals surface area contributed by atoms with E-state index in [-0.39, 0.29) is 6.10 Å². The quantitative estimate of drug-likeness (QED) is 0.642. The number of hydrogen-bond acceptors (Lipinski definition) is 3. The van der Waals surface area contributed by atoms with Gasteiger partial charge in [-0.2, -0.15) is 0 Å². The number of anilines is 1. The van der Waals surface area contributed by atoms with Gasteiger partial charge < -0.3 is 15.7 Å². The average Bonchev–Trinajstić information content (AvgIpc) is 2.29. The van der Waals surface area contributed by atoms with Gasteiger partial charge in [-0.3, -0.25) is 0 Å². The highest BCUT2D eigenvalue weighted by Gasteiger charge is 2.02. The van der Waals surface area contributed by atoms with E-state index in [0.29, 0.717) is 13.1 Å². The fourth-order valence-electron chi connectivity index (χ4n) is 1.32. The molecule has 0 amide bonds. The molecule has 0 bridgehead atoms. The fourth-order valence-corrected chi connectivity index (χ4v) is 1.45. The first-order chi connectivity index (χ1) is 7.72. The molecule has 4 heteroatoms. The molecule has 3 nitrogen and oxygen atoms in total. The molecule has 1 aromatic rings. The van der Waals surface area contributed by atoms with Gasteiger partial charge in [0.2, 0.25) is 0 Å². The number of hydrogen-bond donors (Lipinski definition) is 3. The van der Waals surface area contributed by atoms with Crippen LogP contribution in [0.1, 0.15) is 13.3 Å². The van der Waals surface area contributed by atoms with Gasteiger partial charge in [-0.15, -0.1) is 0 Å².